The van der Waals surface area contributed by atoms with Crippen molar-refractivity contribution >= 4 is 10.0 Å². The molecule has 1 atom stereocenters. The van der Waals surface area contributed by atoms with Crippen molar-refractivity contribution in [2.75, 3.05) is 20.1 Å². The SMILES string of the molecule is CCN(CC)S(=O)(=O)c1ccc(C)c(-c2nc(CC(C)NC)no2)c1. The largest absolute Gasteiger partial charge is 0.334 e. The van der Waals surface area contributed by atoms with Crippen LogP contribution in [-0.4, -0.2) is 49.0 Å². The molecule has 0 aliphatic carbocycles. The van der Waals surface area contributed by atoms with Crippen LogP contribution in [0.25, 0.3) is 11.5 Å². The highest BCUT2D eigenvalue weighted by Crippen LogP contribution is 2.26. The predicted molar refractivity (Wildman–Crippen MR) is 96.8 cm³/mol. The van der Waals surface area contributed by atoms with Crippen molar-refractivity contribution in [3.63, 3.8) is 0 Å². The van der Waals surface area contributed by atoms with Gasteiger partial charge in [-0.1, -0.05) is 25.1 Å². The first-order valence-electron chi connectivity index (χ1n) is 8.44. The Morgan fingerprint density at radius 1 is 1.28 bits per heavy atom. The van der Waals surface area contributed by atoms with Gasteiger partial charge in [0.15, 0.2) is 5.82 Å². The zero-order chi connectivity index (χ0) is 18.6. The molecule has 1 N–H and O–H groups in total. The highest BCUT2D eigenvalue weighted by molar-refractivity contribution is 7.89. The third-order valence-electron chi connectivity index (χ3n) is 4.23. The predicted octanol–water partition coefficient (Wildman–Crippen LogP) is 2.23. The average molecular weight is 366 g/mol. The normalized spacial score (nSPS) is 13.4. The molecule has 1 unspecified atom stereocenters. The topological polar surface area (TPSA) is 88.3 Å². The van der Waals surface area contributed by atoms with Crippen LogP contribution in [-0.2, 0) is 16.4 Å². The summed E-state index contributed by atoms with van der Waals surface area (Å²) in [5.74, 6) is 0.931. The summed E-state index contributed by atoms with van der Waals surface area (Å²) < 4.78 is 32.2. The van der Waals surface area contributed by atoms with Gasteiger partial charge in [-0.25, -0.2) is 8.42 Å². The molecule has 0 aliphatic rings. The second-order valence-electron chi connectivity index (χ2n) is 5.98. The number of rotatable bonds is 8. The average Bonchev–Trinajstić information content (AvgIpc) is 3.04. The molecule has 138 valence electrons. The van der Waals surface area contributed by atoms with E-state index in [2.05, 4.69) is 15.5 Å². The smallest absolute Gasteiger partial charge is 0.258 e. The summed E-state index contributed by atoms with van der Waals surface area (Å²) in [4.78, 5) is 4.65. The minimum Gasteiger partial charge on any atom is -0.334 e. The summed E-state index contributed by atoms with van der Waals surface area (Å²) in [7, 11) is -1.66. The van der Waals surface area contributed by atoms with E-state index in [9.17, 15) is 8.42 Å². The van der Waals surface area contributed by atoms with Crippen molar-refractivity contribution in [2.24, 2.45) is 0 Å². The fourth-order valence-corrected chi connectivity index (χ4v) is 4.01. The summed E-state index contributed by atoms with van der Waals surface area (Å²) in [5.41, 5.74) is 1.53. The molecule has 1 aromatic carbocycles. The maximum Gasteiger partial charge on any atom is 0.258 e. The van der Waals surface area contributed by atoms with Gasteiger partial charge >= 0.3 is 0 Å². The number of hydrogen-bond acceptors (Lipinski definition) is 6. The summed E-state index contributed by atoms with van der Waals surface area (Å²) in [5, 5.41) is 7.12. The van der Waals surface area contributed by atoms with E-state index in [1.54, 1.807) is 18.2 Å². The van der Waals surface area contributed by atoms with Gasteiger partial charge in [-0.05, 0) is 38.6 Å². The number of benzene rings is 1. The molecule has 8 heteroatoms. The number of aryl methyl sites for hydroxylation is 1. The standard InChI is InChI=1S/C17H26N4O3S/c1-6-21(7-2)25(22,23)14-9-8-12(3)15(11-14)17-19-16(20-24-17)10-13(4)18-5/h8-9,11,13,18H,6-7,10H2,1-5H3. The van der Waals surface area contributed by atoms with Crippen LogP contribution in [0, 0.1) is 6.92 Å². The molecule has 2 rings (SSSR count). The minimum absolute atomic E-state index is 0.223. The Balaban J connectivity index is 2.40. The maximum atomic E-state index is 12.7. The van der Waals surface area contributed by atoms with Gasteiger partial charge in [-0.15, -0.1) is 0 Å². The van der Waals surface area contributed by atoms with E-state index in [-0.39, 0.29) is 10.9 Å². The molecular formula is C17H26N4O3S. The lowest BCUT2D eigenvalue weighted by Crippen LogP contribution is -2.30. The highest BCUT2D eigenvalue weighted by atomic mass is 32.2. The van der Waals surface area contributed by atoms with Crippen molar-refractivity contribution in [1.29, 1.82) is 0 Å². The third-order valence-corrected chi connectivity index (χ3v) is 6.28. The molecule has 0 saturated heterocycles. The van der Waals surface area contributed by atoms with Crippen molar-refractivity contribution in [2.45, 2.75) is 45.1 Å². The first-order chi connectivity index (χ1) is 11.8. The number of likely N-dealkylation sites (N-methyl/N-ethyl adjacent to an activating group) is 1. The van der Waals surface area contributed by atoms with E-state index in [1.807, 2.05) is 34.7 Å². The molecular weight excluding hydrogens is 340 g/mol. The van der Waals surface area contributed by atoms with Gasteiger partial charge in [0.1, 0.15) is 0 Å². The van der Waals surface area contributed by atoms with Crippen LogP contribution in [0.4, 0.5) is 0 Å². The minimum atomic E-state index is -3.53. The van der Waals surface area contributed by atoms with Gasteiger partial charge in [-0.2, -0.15) is 9.29 Å². The zero-order valence-corrected chi connectivity index (χ0v) is 16.2. The number of nitrogens with zero attached hydrogens (tertiary/aromatic N) is 3. The van der Waals surface area contributed by atoms with Gasteiger partial charge in [0.05, 0.1) is 4.90 Å². The van der Waals surface area contributed by atoms with Crippen LogP contribution in [0.5, 0.6) is 0 Å². The maximum absolute atomic E-state index is 12.7. The second kappa shape index (κ2) is 8.07. The Labute approximate surface area is 149 Å². The van der Waals surface area contributed by atoms with E-state index in [1.165, 1.54) is 4.31 Å². The van der Waals surface area contributed by atoms with E-state index in [4.69, 9.17) is 4.52 Å². The first-order valence-corrected chi connectivity index (χ1v) is 9.88. The first kappa shape index (κ1) is 19.6. The number of sulfonamides is 1. The van der Waals surface area contributed by atoms with Crippen molar-refractivity contribution in [1.82, 2.24) is 19.8 Å². The Hall–Kier alpha value is -1.77. The number of hydrogen-bond donors (Lipinski definition) is 1. The quantitative estimate of drug-likeness (QED) is 0.771. The highest BCUT2D eigenvalue weighted by Gasteiger charge is 2.23. The van der Waals surface area contributed by atoms with Crippen molar-refractivity contribution in [3.8, 4) is 11.5 Å². The van der Waals surface area contributed by atoms with Crippen LogP contribution in [0.3, 0.4) is 0 Å². The van der Waals surface area contributed by atoms with Gasteiger partial charge in [-0.3, -0.25) is 0 Å². The lowest BCUT2D eigenvalue weighted by Gasteiger charge is -2.19. The molecule has 0 fully saturated rings. The second-order valence-corrected chi connectivity index (χ2v) is 7.91. The van der Waals surface area contributed by atoms with Crippen molar-refractivity contribution in [3.05, 3.63) is 29.6 Å². The van der Waals surface area contributed by atoms with Crippen molar-refractivity contribution < 1.29 is 12.9 Å². The molecule has 1 heterocycles. The molecule has 7 nitrogen and oxygen atoms in total. The zero-order valence-electron chi connectivity index (χ0n) is 15.4. The number of nitrogens with one attached hydrogen (secondary N) is 1. The molecule has 1 aromatic heterocycles. The molecule has 0 amide bonds. The van der Waals surface area contributed by atoms with Crippen LogP contribution in [0.2, 0.25) is 0 Å². The Morgan fingerprint density at radius 2 is 1.96 bits per heavy atom. The van der Waals surface area contributed by atoms with Gasteiger partial charge in [0.25, 0.3) is 5.89 Å². The van der Waals surface area contributed by atoms with Crippen LogP contribution in [0.15, 0.2) is 27.6 Å². The molecule has 0 saturated carbocycles. The van der Waals surface area contributed by atoms with Crippen LogP contribution < -0.4 is 5.32 Å². The third kappa shape index (κ3) is 4.26. The Bertz CT molecular complexity index is 813. The van der Waals surface area contributed by atoms with E-state index in [0.29, 0.717) is 36.8 Å². The lowest BCUT2D eigenvalue weighted by atomic mass is 10.1. The van der Waals surface area contributed by atoms with Gasteiger partial charge in [0.2, 0.25) is 10.0 Å². The number of aromatic nitrogens is 2. The monoisotopic (exact) mass is 366 g/mol. The van der Waals surface area contributed by atoms with Gasteiger partial charge < -0.3 is 9.84 Å². The summed E-state index contributed by atoms with van der Waals surface area (Å²) >= 11 is 0. The molecule has 0 aliphatic heterocycles. The Morgan fingerprint density at radius 3 is 2.56 bits per heavy atom. The van der Waals surface area contributed by atoms with Crippen LogP contribution in [0.1, 0.15) is 32.2 Å². The summed E-state index contributed by atoms with van der Waals surface area (Å²) in [6.45, 7) is 8.41. The Kier molecular flexibility index (Phi) is 6.31. The molecule has 25 heavy (non-hydrogen) atoms. The van der Waals surface area contributed by atoms with E-state index in [0.717, 1.165) is 5.56 Å². The van der Waals surface area contributed by atoms with E-state index < -0.39 is 10.0 Å². The van der Waals surface area contributed by atoms with Crippen LogP contribution >= 0.6 is 0 Å². The molecule has 0 bridgehead atoms. The van der Waals surface area contributed by atoms with Gasteiger partial charge in [0, 0.05) is 31.1 Å². The molecule has 0 spiro atoms. The molecule has 2 aromatic rings. The lowest BCUT2D eigenvalue weighted by molar-refractivity contribution is 0.418. The van der Waals surface area contributed by atoms with E-state index >= 15 is 0 Å². The fraction of sp³-hybridized carbons (Fsp3) is 0.529. The summed E-state index contributed by atoms with van der Waals surface area (Å²) in [6.07, 6.45) is 0.635. The summed E-state index contributed by atoms with van der Waals surface area (Å²) in [6, 6.07) is 5.22. The fourth-order valence-electron chi connectivity index (χ4n) is 2.53. The molecule has 0 radical (unpaired) electrons.